The second-order valence-electron chi connectivity index (χ2n) is 10.7. The average molecular weight is 584 g/mol. The van der Waals surface area contributed by atoms with Gasteiger partial charge in [-0.25, -0.2) is 0 Å². The summed E-state index contributed by atoms with van der Waals surface area (Å²) in [5.41, 5.74) is 6.29. The number of ketones is 2. The van der Waals surface area contributed by atoms with Crippen LogP contribution in [0.25, 0.3) is 22.2 Å². The van der Waals surface area contributed by atoms with E-state index in [0.717, 1.165) is 22.2 Å². The Kier molecular flexibility index (Phi) is 5.96. The van der Waals surface area contributed by atoms with Crippen molar-refractivity contribution in [1.82, 2.24) is 9.14 Å². The van der Waals surface area contributed by atoms with Gasteiger partial charge < -0.3 is 4.57 Å². The monoisotopic (exact) mass is 583 g/mol. The number of hydrogen-bond acceptors (Lipinski definition) is 6. The Morgan fingerprint density at radius 2 is 1.27 bits per heavy atom. The Balaban J connectivity index is 1.36. The molecule has 0 unspecified atom stereocenters. The molecule has 0 radical (unpaired) electrons. The highest BCUT2D eigenvalue weighted by Gasteiger charge is 2.52. The number of non-ortho nitro benzene ring substituents is 2. The average Bonchev–Trinajstić information content (AvgIpc) is 3.47. The highest BCUT2D eigenvalue weighted by Crippen LogP contribution is 2.47. The molecule has 0 amide bonds. The van der Waals surface area contributed by atoms with Gasteiger partial charge in [-0.2, -0.15) is 4.58 Å². The number of fused-ring (bicyclic) bond motifs is 2. The molecule has 1 saturated carbocycles. The number of Topliss-reactive ketones (excluding diaryl/α,β-unsaturated/α-hetero) is 2. The number of hydrogen-bond donors (Lipinski definition) is 0. The van der Waals surface area contributed by atoms with Crippen LogP contribution in [0, 0.1) is 27.2 Å². The summed E-state index contributed by atoms with van der Waals surface area (Å²) in [7, 11) is 0. The van der Waals surface area contributed by atoms with E-state index in [4.69, 9.17) is 0 Å². The number of nitrogens with zero attached hydrogens (tertiary/aromatic N) is 4. The smallest absolute Gasteiger partial charge is 0.269 e. The van der Waals surface area contributed by atoms with Crippen LogP contribution in [-0.4, -0.2) is 31.7 Å². The molecular formula is C34H23N4O6+. The minimum absolute atomic E-state index is 0.0325. The lowest BCUT2D eigenvalue weighted by Gasteiger charge is -2.28. The van der Waals surface area contributed by atoms with Crippen molar-refractivity contribution >= 4 is 56.5 Å². The second-order valence-corrected chi connectivity index (χ2v) is 10.7. The molecule has 10 heteroatoms. The number of nitro benzene ring substituents is 2. The molecule has 0 spiro atoms. The van der Waals surface area contributed by atoms with E-state index in [0.29, 0.717) is 33.9 Å². The summed E-state index contributed by atoms with van der Waals surface area (Å²) in [6, 6.07) is 27.3. The molecule has 0 N–H and O–H groups in total. The summed E-state index contributed by atoms with van der Waals surface area (Å²) >= 11 is 0. The molecule has 44 heavy (non-hydrogen) atoms. The normalized spacial score (nSPS) is 16.0. The summed E-state index contributed by atoms with van der Waals surface area (Å²) in [6.07, 6.45) is 0. The minimum atomic E-state index is -0.991. The highest BCUT2D eigenvalue weighted by atomic mass is 16.6. The van der Waals surface area contributed by atoms with Gasteiger partial charge in [-0.15, -0.1) is 0 Å². The molecule has 7 rings (SSSR count). The number of rotatable bonds is 5. The fraction of sp³-hybridized carbons (Fsp3) is 0.0882. The Labute approximate surface area is 250 Å². The Morgan fingerprint density at radius 3 is 1.91 bits per heavy atom. The standard InChI is InChI=1S/C34H23N4O6/c1-19-29(25-7-3-5-9-27(25)35(19)21-11-15-23(16-12-21)37(41)42)31-33(39)32(34(31)40)30-20(2)36(28-10-6-4-8-26(28)30)22-13-17-24(18-14-22)38(43)44/h3-18,31H,1-2H3/q+1. The number of allylic oxidation sites excluding steroid dienone is 2. The number of nitro groups is 2. The van der Waals surface area contributed by atoms with Crippen LogP contribution in [0.5, 0.6) is 0 Å². The van der Waals surface area contributed by atoms with E-state index in [1.807, 2.05) is 71.5 Å². The van der Waals surface area contributed by atoms with Gasteiger partial charge in [-0.3, -0.25) is 29.8 Å². The van der Waals surface area contributed by atoms with Crippen LogP contribution in [0.1, 0.15) is 29.7 Å². The Bertz CT molecular complexity index is 2150. The molecule has 0 bridgehead atoms. The maximum absolute atomic E-state index is 14.1. The zero-order chi connectivity index (χ0) is 30.9. The van der Waals surface area contributed by atoms with E-state index >= 15 is 0 Å². The van der Waals surface area contributed by atoms with Crippen LogP contribution in [0.4, 0.5) is 22.7 Å². The van der Waals surface area contributed by atoms with Crippen molar-refractivity contribution in [1.29, 1.82) is 0 Å². The highest BCUT2D eigenvalue weighted by molar-refractivity contribution is 6.51. The van der Waals surface area contributed by atoms with Gasteiger partial charge in [-0.1, -0.05) is 30.3 Å². The van der Waals surface area contributed by atoms with Gasteiger partial charge in [0.2, 0.25) is 11.4 Å². The van der Waals surface area contributed by atoms with Crippen molar-refractivity contribution in [2.45, 2.75) is 19.8 Å². The van der Waals surface area contributed by atoms with Crippen molar-refractivity contribution in [3.63, 3.8) is 0 Å². The van der Waals surface area contributed by atoms with Gasteiger partial charge in [0, 0.05) is 66.2 Å². The maximum Gasteiger partial charge on any atom is 0.269 e. The summed E-state index contributed by atoms with van der Waals surface area (Å²) < 4.78 is 3.82. The molecule has 214 valence electrons. The van der Waals surface area contributed by atoms with Crippen molar-refractivity contribution in [3.05, 3.63) is 140 Å². The molecule has 4 aromatic carbocycles. The first kappa shape index (κ1) is 26.8. The van der Waals surface area contributed by atoms with E-state index in [-0.39, 0.29) is 28.5 Å². The molecule has 2 heterocycles. The van der Waals surface area contributed by atoms with E-state index in [9.17, 15) is 29.8 Å². The lowest BCUT2D eigenvalue weighted by molar-refractivity contribution is -0.385. The van der Waals surface area contributed by atoms with E-state index < -0.39 is 15.8 Å². The molecule has 0 atom stereocenters. The van der Waals surface area contributed by atoms with Crippen LogP contribution in [0.2, 0.25) is 0 Å². The first-order chi connectivity index (χ1) is 21.2. The van der Waals surface area contributed by atoms with Gasteiger partial charge in [-0.05, 0) is 36.8 Å². The van der Waals surface area contributed by atoms with E-state index in [1.165, 1.54) is 24.3 Å². The van der Waals surface area contributed by atoms with Crippen LogP contribution in [-0.2, 0) is 9.59 Å². The molecule has 1 aliphatic carbocycles. The van der Waals surface area contributed by atoms with Crippen LogP contribution in [0.15, 0.2) is 103 Å². The molecular weight excluding hydrogens is 560 g/mol. The van der Waals surface area contributed by atoms with Gasteiger partial charge in [0.25, 0.3) is 11.4 Å². The number of para-hydroxylation sites is 2. The summed E-state index contributed by atoms with van der Waals surface area (Å²) in [5, 5.41) is 23.2. The van der Waals surface area contributed by atoms with E-state index in [2.05, 4.69) is 0 Å². The summed E-state index contributed by atoms with van der Waals surface area (Å²) in [5.74, 6) is -1.55. The first-order valence-electron chi connectivity index (χ1n) is 13.8. The van der Waals surface area contributed by atoms with Crippen molar-refractivity contribution in [2.24, 2.45) is 0 Å². The predicted octanol–water partition coefficient (Wildman–Crippen LogP) is 6.75. The Hall–Kier alpha value is -6.03. The first-order valence-corrected chi connectivity index (χ1v) is 13.8. The number of carbonyl (C=O) groups excluding carboxylic acids is 2. The fourth-order valence-electron chi connectivity index (χ4n) is 6.51. The van der Waals surface area contributed by atoms with Gasteiger partial charge >= 0.3 is 0 Å². The molecule has 1 aromatic heterocycles. The molecule has 5 aromatic rings. The maximum atomic E-state index is 14.1. The van der Waals surface area contributed by atoms with Gasteiger partial charge in [0.15, 0.2) is 17.3 Å². The number of benzene rings is 4. The lowest BCUT2D eigenvalue weighted by Crippen LogP contribution is -2.40. The SMILES string of the molecule is CC1=[N+](c2ccc([N+](=O)[O-])cc2)c2ccccc2C1=C1C(=O)C(c2c(C)n(-c3ccc([N+](=O)[O-])cc3)c3ccccc23)C1=O. The van der Waals surface area contributed by atoms with Crippen LogP contribution in [0.3, 0.4) is 0 Å². The summed E-state index contributed by atoms with van der Waals surface area (Å²) in [4.78, 5) is 49.6. The van der Waals surface area contributed by atoms with Crippen LogP contribution >= 0.6 is 0 Å². The third-order valence-corrected chi connectivity index (χ3v) is 8.47. The number of carbonyl (C=O) groups is 2. The quantitative estimate of drug-likeness (QED) is 0.0562. The molecule has 2 aliphatic rings. The molecule has 10 nitrogen and oxygen atoms in total. The van der Waals surface area contributed by atoms with Crippen molar-refractivity contribution in [2.75, 3.05) is 0 Å². The molecule has 1 fully saturated rings. The molecule has 1 aliphatic heterocycles. The predicted molar refractivity (Wildman–Crippen MR) is 166 cm³/mol. The lowest BCUT2D eigenvalue weighted by atomic mass is 9.69. The summed E-state index contributed by atoms with van der Waals surface area (Å²) in [6.45, 7) is 3.68. The fourth-order valence-corrected chi connectivity index (χ4v) is 6.51. The van der Waals surface area contributed by atoms with Gasteiger partial charge in [0.1, 0.15) is 5.92 Å². The zero-order valence-corrected chi connectivity index (χ0v) is 23.6. The Morgan fingerprint density at radius 1 is 0.705 bits per heavy atom. The van der Waals surface area contributed by atoms with Crippen LogP contribution < -0.4 is 4.58 Å². The van der Waals surface area contributed by atoms with Gasteiger partial charge in [0.05, 0.1) is 32.1 Å². The third-order valence-electron chi connectivity index (χ3n) is 8.47. The minimum Gasteiger partial charge on any atom is -0.314 e. The zero-order valence-electron chi connectivity index (χ0n) is 23.6. The number of aromatic nitrogens is 1. The van der Waals surface area contributed by atoms with Crippen molar-refractivity contribution < 1.29 is 19.4 Å². The largest absolute Gasteiger partial charge is 0.314 e. The third kappa shape index (κ3) is 3.77. The molecule has 0 saturated heterocycles. The second kappa shape index (κ2) is 9.77. The van der Waals surface area contributed by atoms with Crippen molar-refractivity contribution in [3.8, 4) is 5.69 Å². The van der Waals surface area contributed by atoms with E-state index in [1.54, 1.807) is 24.3 Å². The topological polar surface area (TPSA) is 128 Å².